The molecule has 3 aromatic rings. The van der Waals surface area contributed by atoms with Gasteiger partial charge in [0.2, 0.25) is 10.0 Å². The fourth-order valence-electron chi connectivity index (χ4n) is 4.78. The molecule has 4 heterocycles. The SMILES string of the molecule is CCn1cnc2c(N3CC4CN(S(=O)(=O)c5cc(C)ccc5OC)CC4C3)ncnc21. The highest BCUT2D eigenvalue weighted by molar-refractivity contribution is 7.89. The van der Waals surface area contributed by atoms with Crippen LogP contribution in [0.3, 0.4) is 0 Å². The van der Waals surface area contributed by atoms with Crippen molar-refractivity contribution in [2.24, 2.45) is 11.8 Å². The third-order valence-corrected chi connectivity index (χ3v) is 8.26. The second-order valence-corrected chi connectivity index (χ2v) is 10.2. The first-order valence-corrected chi connectivity index (χ1v) is 11.9. The van der Waals surface area contributed by atoms with Crippen molar-refractivity contribution in [2.45, 2.75) is 25.3 Å². The molecule has 2 atom stereocenters. The lowest BCUT2D eigenvalue weighted by atomic mass is 10.0. The van der Waals surface area contributed by atoms with Gasteiger partial charge in [-0.25, -0.2) is 23.4 Å². The fourth-order valence-corrected chi connectivity index (χ4v) is 6.57. The maximum atomic E-state index is 13.4. The van der Waals surface area contributed by atoms with Gasteiger partial charge in [0.15, 0.2) is 17.0 Å². The second kappa shape index (κ2) is 7.45. The first-order chi connectivity index (χ1) is 14.9. The van der Waals surface area contributed by atoms with Crippen LogP contribution in [0.2, 0.25) is 0 Å². The highest BCUT2D eigenvalue weighted by Gasteiger charge is 2.45. The Morgan fingerprint density at radius 1 is 1.10 bits per heavy atom. The van der Waals surface area contributed by atoms with E-state index in [1.165, 1.54) is 7.11 Å². The van der Waals surface area contributed by atoms with Crippen LogP contribution in [0.1, 0.15) is 12.5 Å². The van der Waals surface area contributed by atoms with E-state index in [0.717, 1.165) is 42.2 Å². The van der Waals surface area contributed by atoms with E-state index in [2.05, 4.69) is 26.8 Å². The highest BCUT2D eigenvalue weighted by atomic mass is 32.2. The molecule has 0 saturated carbocycles. The third-order valence-electron chi connectivity index (χ3n) is 6.41. The molecule has 0 N–H and O–H groups in total. The normalized spacial score (nSPS) is 21.7. The summed E-state index contributed by atoms with van der Waals surface area (Å²) in [5.41, 5.74) is 2.53. The Labute approximate surface area is 181 Å². The van der Waals surface area contributed by atoms with Gasteiger partial charge in [0.05, 0.1) is 13.4 Å². The zero-order chi connectivity index (χ0) is 21.8. The number of aromatic nitrogens is 4. The lowest BCUT2D eigenvalue weighted by molar-refractivity contribution is 0.396. The Morgan fingerprint density at radius 3 is 2.52 bits per heavy atom. The van der Waals surface area contributed by atoms with E-state index in [1.807, 2.05) is 17.6 Å². The molecule has 9 nitrogen and oxygen atoms in total. The molecule has 0 radical (unpaired) electrons. The van der Waals surface area contributed by atoms with E-state index in [-0.39, 0.29) is 16.7 Å². The van der Waals surface area contributed by atoms with Crippen LogP contribution in [0.15, 0.2) is 35.7 Å². The smallest absolute Gasteiger partial charge is 0.246 e. The zero-order valence-corrected chi connectivity index (χ0v) is 18.7. The molecule has 31 heavy (non-hydrogen) atoms. The third kappa shape index (κ3) is 3.25. The van der Waals surface area contributed by atoms with Gasteiger partial charge in [0.25, 0.3) is 0 Å². The van der Waals surface area contributed by atoms with Crippen molar-refractivity contribution in [3.05, 3.63) is 36.4 Å². The maximum Gasteiger partial charge on any atom is 0.246 e. The average Bonchev–Trinajstić information content (AvgIpc) is 3.46. The van der Waals surface area contributed by atoms with Gasteiger partial charge in [-0.3, -0.25) is 0 Å². The number of rotatable bonds is 5. The van der Waals surface area contributed by atoms with Crippen LogP contribution in [0.25, 0.3) is 11.2 Å². The molecule has 0 spiro atoms. The summed E-state index contributed by atoms with van der Waals surface area (Å²) < 4.78 is 35.7. The first-order valence-electron chi connectivity index (χ1n) is 10.5. The van der Waals surface area contributed by atoms with E-state index in [4.69, 9.17) is 4.74 Å². The van der Waals surface area contributed by atoms with Crippen molar-refractivity contribution in [3.63, 3.8) is 0 Å². The molecule has 0 amide bonds. The van der Waals surface area contributed by atoms with Gasteiger partial charge in [-0.15, -0.1) is 0 Å². The Bertz CT molecular complexity index is 1230. The van der Waals surface area contributed by atoms with Gasteiger partial charge >= 0.3 is 0 Å². The largest absolute Gasteiger partial charge is 0.495 e. The maximum absolute atomic E-state index is 13.4. The number of hydrogen-bond donors (Lipinski definition) is 0. The number of aryl methyl sites for hydroxylation is 2. The summed E-state index contributed by atoms with van der Waals surface area (Å²) in [5, 5.41) is 0. The van der Waals surface area contributed by atoms with E-state index in [9.17, 15) is 8.42 Å². The number of nitrogens with zero attached hydrogens (tertiary/aromatic N) is 6. The van der Waals surface area contributed by atoms with Gasteiger partial charge in [0, 0.05) is 32.7 Å². The van der Waals surface area contributed by atoms with Crippen LogP contribution in [0.5, 0.6) is 5.75 Å². The molecule has 2 aliphatic rings. The van der Waals surface area contributed by atoms with Gasteiger partial charge < -0.3 is 14.2 Å². The topological polar surface area (TPSA) is 93.5 Å². The van der Waals surface area contributed by atoms with Crippen LogP contribution in [-0.2, 0) is 16.6 Å². The van der Waals surface area contributed by atoms with E-state index < -0.39 is 10.0 Å². The zero-order valence-electron chi connectivity index (χ0n) is 17.9. The molecule has 1 aromatic carbocycles. The molecule has 2 fully saturated rings. The van der Waals surface area contributed by atoms with Gasteiger partial charge in [-0.05, 0) is 43.4 Å². The second-order valence-electron chi connectivity index (χ2n) is 8.30. The molecule has 2 aliphatic heterocycles. The number of methoxy groups -OCH3 is 1. The Morgan fingerprint density at radius 2 is 1.84 bits per heavy atom. The predicted octanol–water partition coefficient (Wildman–Crippen LogP) is 1.92. The number of fused-ring (bicyclic) bond motifs is 2. The summed E-state index contributed by atoms with van der Waals surface area (Å²) in [6.45, 7) is 7.25. The van der Waals surface area contributed by atoms with E-state index >= 15 is 0 Å². The first kappa shape index (κ1) is 20.2. The number of benzene rings is 1. The summed E-state index contributed by atoms with van der Waals surface area (Å²) in [6, 6.07) is 5.27. The Balaban J connectivity index is 1.37. The standard InChI is InChI=1S/C21H26N6O3S/c1-4-25-13-24-19-20(25)22-12-23-21(19)26-8-15-10-27(11-16(15)9-26)31(28,29)18-7-14(2)5-6-17(18)30-3/h5-7,12-13,15-16H,4,8-11H2,1-3H3. The van der Waals surface area contributed by atoms with Crippen LogP contribution >= 0.6 is 0 Å². The number of imidazole rings is 1. The summed E-state index contributed by atoms with van der Waals surface area (Å²) >= 11 is 0. The van der Waals surface area contributed by atoms with Crippen molar-refractivity contribution in [1.29, 1.82) is 0 Å². The van der Waals surface area contributed by atoms with Crippen LogP contribution in [0.4, 0.5) is 5.82 Å². The molecule has 2 saturated heterocycles. The van der Waals surface area contributed by atoms with Gasteiger partial charge in [-0.1, -0.05) is 6.07 Å². The number of anilines is 1. The van der Waals surface area contributed by atoms with E-state index in [1.54, 1.807) is 29.1 Å². The summed E-state index contributed by atoms with van der Waals surface area (Å²) in [4.78, 5) is 15.9. The Hall–Kier alpha value is -2.72. The molecule has 2 unspecified atom stereocenters. The van der Waals surface area contributed by atoms with Crippen LogP contribution < -0.4 is 9.64 Å². The molecule has 0 bridgehead atoms. The summed E-state index contributed by atoms with van der Waals surface area (Å²) in [5.74, 6) is 1.73. The molecule has 164 valence electrons. The van der Waals surface area contributed by atoms with Crippen molar-refractivity contribution < 1.29 is 13.2 Å². The minimum absolute atomic E-state index is 0.245. The monoisotopic (exact) mass is 442 g/mol. The van der Waals surface area contributed by atoms with Crippen LogP contribution in [-0.4, -0.2) is 65.5 Å². The quantitative estimate of drug-likeness (QED) is 0.596. The predicted molar refractivity (Wildman–Crippen MR) is 117 cm³/mol. The lowest BCUT2D eigenvalue weighted by Gasteiger charge is -2.23. The summed E-state index contributed by atoms with van der Waals surface area (Å²) in [7, 11) is -2.11. The highest BCUT2D eigenvalue weighted by Crippen LogP contribution is 2.38. The van der Waals surface area contributed by atoms with Crippen molar-refractivity contribution >= 4 is 27.0 Å². The number of hydrogen-bond acceptors (Lipinski definition) is 7. The molecule has 0 aliphatic carbocycles. The van der Waals surface area contributed by atoms with E-state index in [0.29, 0.717) is 18.8 Å². The van der Waals surface area contributed by atoms with Gasteiger partial charge in [0.1, 0.15) is 17.0 Å². The minimum atomic E-state index is -3.61. The molecule has 2 aromatic heterocycles. The summed E-state index contributed by atoms with van der Waals surface area (Å²) in [6.07, 6.45) is 3.38. The Kier molecular flexibility index (Phi) is 4.86. The molecule has 10 heteroatoms. The van der Waals surface area contributed by atoms with Crippen molar-refractivity contribution in [1.82, 2.24) is 23.8 Å². The average molecular weight is 443 g/mol. The van der Waals surface area contributed by atoms with Crippen LogP contribution in [0, 0.1) is 18.8 Å². The molecular weight excluding hydrogens is 416 g/mol. The number of ether oxygens (including phenoxy) is 1. The van der Waals surface area contributed by atoms with Gasteiger partial charge in [-0.2, -0.15) is 4.31 Å². The minimum Gasteiger partial charge on any atom is -0.495 e. The molecular formula is C21H26N6O3S. The number of sulfonamides is 1. The molecule has 5 rings (SSSR count). The van der Waals surface area contributed by atoms with Crippen molar-refractivity contribution in [2.75, 3.05) is 38.2 Å². The fraction of sp³-hybridized carbons (Fsp3) is 0.476. The lowest BCUT2D eigenvalue weighted by Crippen LogP contribution is -2.33. The van der Waals surface area contributed by atoms with Crippen molar-refractivity contribution in [3.8, 4) is 5.75 Å².